The summed E-state index contributed by atoms with van der Waals surface area (Å²) in [6.45, 7) is 0. The van der Waals surface area contributed by atoms with Crippen LogP contribution in [0.5, 0.6) is 0 Å². The summed E-state index contributed by atoms with van der Waals surface area (Å²) in [6, 6.07) is 1.08. The van der Waals surface area contributed by atoms with Crippen molar-refractivity contribution in [1.82, 2.24) is 10.1 Å². The maximum absolute atomic E-state index is 11.4. The van der Waals surface area contributed by atoms with Gasteiger partial charge in [0.1, 0.15) is 12.3 Å². The second-order valence-electron chi connectivity index (χ2n) is 3.08. The second kappa shape index (κ2) is 3.13. The summed E-state index contributed by atoms with van der Waals surface area (Å²) in [4.78, 5) is 23.7. The first-order chi connectivity index (χ1) is 6.68. The predicted octanol–water partition coefficient (Wildman–Crippen LogP) is -0.156. The summed E-state index contributed by atoms with van der Waals surface area (Å²) in [5.74, 6) is 0.0421. The van der Waals surface area contributed by atoms with Crippen molar-refractivity contribution in [3.8, 4) is 0 Å². The lowest BCUT2D eigenvalue weighted by Crippen LogP contribution is -2.31. The van der Waals surface area contributed by atoms with E-state index in [2.05, 4.69) is 15.0 Å². The van der Waals surface area contributed by atoms with Crippen molar-refractivity contribution in [3.63, 3.8) is 0 Å². The van der Waals surface area contributed by atoms with Crippen molar-refractivity contribution < 1.29 is 14.1 Å². The Kier molecular flexibility index (Phi) is 1.95. The van der Waals surface area contributed by atoms with Crippen molar-refractivity contribution >= 4 is 17.6 Å². The maximum Gasteiger partial charge on any atom is 0.251 e. The zero-order chi connectivity index (χ0) is 10.1. The third kappa shape index (κ3) is 1.34. The summed E-state index contributed by atoms with van der Waals surface area (Å²) in [5, 5.41) is 6.41. The van der Waals surface area contributed by atoms with Gasteiger partial charge in [0.2, 0.25) is 5.91 Å². The second-order valence-corrected chi connectivity index (χ2v) is 3.08. The first-order valence-corrected chi connectivity index (χ1v) is 4.16. The van der Waals surface area contributed by atoms with Crippen molar-refractivity contribution in [2.45, 2.75) is 12.5 Å². The summed E-state index contributed by atoms with van der Waals surface area (Å²) < 4.78 is 4.59. The fourth-order valence-electron chi connectivity index (χ4n) is 1.33. The predicted molar refractivity (Wildman–Crippen MR) is 46.3 cm³/mol. The van der Waals surface area contributed by atoms with Gasteiger partial charge in [-0.25, -0.2) is 0 Å². The van der Waals surface area contributed by atoms with Crippen LogP contribution >= 0.6 is 0 Å². The molecule has 1 aliphatic rings. The van der Waals surface area contributed by atoms with Gasteiger partial charge in [-0.3, -0.25) is 14.5 Å². The third-order valence-corrected chi connectivity index (χ3v) is 2.14. The molecule has 1 aromatic heterocycles. The molecule has 1 saturated heterocycles. The van der Waals surface area contributed by atoms with E-state index in [1.165, 1.54) is 13.3 Å². The molecule has 1 aromatic rings. The van der Waals surface area contributed by atoms with Gasteiger partial charge in [-0.1, -0.05) is 5.16 Å². The van der Waals surface area contributed by atoms with Crippen molar-refractivity contribution in [1.29, 1.82) is 0 Å². The van der Waals surface area contributed by atoms with Crippen LogP contribution in [-0.4, -0.2) is 35.0 Å². The lowest BCUT2D eigenvalue weighted by Gasteiger charge is -2.08. The zero-order valence-electron chi connectivity index (χ0n) is 7.56. The van der Waals surface area contributed by atoms with E-state index in [0.29, 0.717) is 5.82 Å². The molecule has 1 fully saturated rings. The molecule has 0 aliphatic carbocycles. The standard InChI is InChI=1S/C8H9N3O3/c1-11-7(12)4-5(8(11)13)9-6-2-3-14-10-6/h2-3,5H,4H2,1H3,(H,9,10). The van der Waals surface area contributed by atoms with Crippen LogP contribution in [-0.2, 0) is 9.59 Å². The van der Waals surface area contributed by atoms with Gasteiger partial charge in [0.25, 0.3) is 5.91 Å². The molecular formula is C8H9N3O3. The molecule has 1 atom stereocenters. The van der Waals surface area contributed by atoms with E-state index in [4.69, 9.17) is 0 Å². The number of amides is 2. The van der Waals surface area contributed by atoms with Crippen molar-refractivity contribution in [2.75, 3.05) is 12.4 Å². The molecule has 1 N–H and O–H groups in total. The number of anilines is 1. The van der Waals surface area contributed by atoms with E-state index in [-0.39, 0.29) is 18.2 Å². The Bertz CT molecular complexity index is 360. The van der Waals surface area contributed by atoms with Gasteiger partial charge < -0.3 is 9.84 Å². The molecule has 2 heterocycles. The van der Waals surface area contributed by atoms with E-state index in [9.17, 15) is 9.59 Å². The first kappa shape index (κ1) is 8.74. The van der Waals surface area contributed by atoms with Gasteiger partial charge in [-0.15, -0.1) is 0 Å². The highest BCUT2D eigenvalue weighted by Gasteiger charge is 2.36. The van der Waals surface area contributed by atoms with Crippen LogP contribution in [0, 0.1) is 0 Å². The molecule has 0 bridgehead atoms. The number of nitrogens with zero attached hydrogens (tertiary/aromatic N) is 2. The number of carbonyl (C=O) groups excluding carboxylic acids is 2. The SMILES string of the molecule is CN1C(=O)CC(Nc2ccon2)C1=O. The summed E-state index contributed by atoms with van der Waals surface area (Å²) >= 11 is 0. The van der Waals surface area contributed by atoms with Crippen LogP contribution < -0.4 is 5.32 Å². The van der Waals surface area contributed by atoms with Crippen LogP contribution in [0.3, 0.4) is 0 Å². The average molecular weight is 195 g/mol. The quantitative estimate of drug-likeness (QED) is 0.664. The lowest BCUT2D eigenvalue weighted by molar-refractivity contribution is -0.136. The number of rotatable bonds is 2. The highest BCUT2D eigenvalue weighted by atomic mass is 16.5. The van der Waals surface area contributed by atoms with Gasteiger partial charge in [-0.05, 0) is 0 Å². The molecule has 1 aliphatic heterocycles. The summed E-state index contributed by atoms with van der Waals surface area (Å²) in [6.07, 6.45) is 1.56. The Hall–Kier alpha value is -1.85. The highest BCUT2D eigenvalue weighted by molar-refractivity contribution is 6.06. The number of hydrogen-bond acceptors (Lipinski definition) is 5. The van der Waals surface area contributed by atoms with E-state index < -0.39 is 6.04 Å². The Balaban J connectivity index is 2.07. The summed E-state index contributed by atoms with van der Waals surface area (Å²) in [7, 11) is 1.47. The average Bonchev–Trinajstić information content (AvgIpc) is 2.73. The highest BCUT2D eigenvalue weighted by Crippen LogP contribution is 2.15. The summed E-state index contributed by atoms with van der Waals surface area (Å²) in [5.41, 5.74) is 0. The molecule has 6 nitrogen and oxygen atoms in total. The number of carbonyl (C=O) groups is 2. The van der Waals surface area contributed by atoms with E-state index in [1.807, 2.05) is 0 Å². The monoisotopic (exact) mass is 195 g/mol. The normalized spacial score (nSPS) is 21.8. The number of nitrogens with one attached hydrogen (secondary N) is 1. The van der Waals surface area contributed by atoms with E-state index >= 15 is 0 Å². The van der Waals surface area contributed by atoms with Crippen molar-refractivity contribution in [3.05, 3.63) is 12.3 Å². The minimum absolute atomic E-state index is 0.169. The Labute approximate surface area is 79.8 Å². The van der Waals surface area contributed by atoms with Gasteiger partial charge in [0, 0.05) is 13.1 Å². The van der Waals surface area contributed by atoms with Crippen LogP contribution in [0.1, 0.15) is 6.42 Å². The Morgan fingerprint density at radius 3 is 2.93 bits per heavy atom. The molecule has 2 rings (SSSR count). The lowest BCUT2D eigenvalue weighted by atomic mass is 10.2. The molecule has 0 spiro atoms. The van der Waals surface area contributed by atoms with Crippen LogP contribution in [0.4, 0.5) is 5.82 Å². The number of likely N-dealkylation sites (tertiary alicyclic amines) is 1. The number of hydrogen-bond donors (Lipinski definition) is 1. The van der Waals surface area contributed by atoms with Gasteiger partial charge in [0.05, 0.1) is 6.42 Å². The van der Waals surface area contributed by atoms with E-state index in [0.717, 1.165) is 4.90 Å². The minimum Gasteiger partial charge on any atom is -0.363 e. The molecule has 14 heavy (non-hydrogen) atoms. The van der Waals surface area contributed by atoms with Gasteiger partial charge in [-0.2, -0.15) is 0 Å². The fourth-order valence-corrected chi connectivity index (χ4v) is 1.33. The largest absolute Gasteiger partial charge is 0.363 e. The maximum atomic E-state index is 11.4. The van der Waals surface area contributed by atoms with Crippen LogP contribution in [0.25, 0.3) is 0 Å². The third-order valence-electron chi connectivity index (χ3n) is 2.14. The molecule has 0 aromatic carbocycles. The molecular weight excluding hydrogens is 186 g/mol. The molecule has 6 heteroatoms. The molecule has 1 unspecified atom stereocenters. The Morgan fingerprint density at radius 1 is 1.64 bits per heavy atom. The minimum atomic E-state index is -0.516. The fraction of sp³-hybridized carbons (Fsp3) is 0.375. The van der Waals surface area contributed by atoms with Crippen LogP contribution in [0.15, 0.2) is 16.9 Å². The van der Waals surface area contributed by atoms with Crippen LogP contribution in [0.2, 0.25) is 0 Å². The molecule has 0 saturated carbocycles. The topological polar surface area (TPSA) is 75.4 Å². The van der Waals surface area contributed by atoms with E-state index in [1.54, 1.807) is 6.07 Å². The number of imide groups is 1. The zero-order valence-corrected chi connectivity index (χ0v) is 7.56. The first-order valence-electron chi connectivity index (χ1n) is 4.16. The number of likely N-dealkylation sites (N-methyl/N-ethyl adjacent to an activating group) is 1. The Morgan fingerprint density at radius 2 is 2.43 bits per heavy atom. The van der Waals surface area contributed by atoms with Gasteiger partial charge in [0.15, 0.2) is 5.82 Å². The van der Waals surface area contributed by atoms with Gasteiger partial charge >= 0.3 is 0 Å². The number of aromatic nitrogens is 1. The molecule has 0 radical (unpaired) electrons. The molecule has 2 amide bonds. The van der Waals surface area contributed by atoms with Crippen molar-refractivity contribution in [2.24, 2.45) is 0 Å². The molecule has 74 valence electrons. The smallest absolute Gasteiger partial charge is 0.251 e.